The number of imidazole rings is 1. The van der Waals surface area contributed by atoms with Crippen LogP contribution >= 0.6 is 11.6 Å². The van der Waals surface area contributed by atoms with Crippen molar-refractivity contribution in [1.29, 1.82) is 0 Å². The summed E-state index contributed by atoms with van der Waals surface area (Å²) in [5.74, 6) is -4.82. The van der Waals surface area contributed by atoms with E-state index in [0.717, 1.165) is 0 Å². The Morgan fingerprint density at radius 3 is 2.22 bits per heavy atom. The van der Waals surface area contributed by atoms with Crippen LogP contribution in [0.5, 0.6) is 0 Å². The molecule has 0 aromatic carbocycles. The van der Waals surface area contributed by atoms with E-state index < -0.39 is 30.2 Å². The summed E-state index contributed by atoms with van der Waals surface area (Å²) in [7, 11) is 0. The Labute approximate surface area is 131 Å². The number of nitrogens with one attached hydrogen (secondary N) is 1. The van der Waals surface area contributed by atoms with Crippen molar-refractivity contribution in [1.82, 2.24) is 14.7 Å². The molecule has 1 saturated carbocycles. The molecule has 10 heteroatoms. The van der Waals surface area contributed by atoms with Crippen molar-refractivity contribution in [2.24, 2.45) is 11.8 Å². The standard InChI is InChI=1S/C13H10ClF6N3/c14-6-1-2-8-22-7(5-23(8)4-6)3-21-11-9(12(15,16)17)10(11)13(18,19)20/h1-2,4-5,9-11,21H,3H2. The van der Waals surface area contributed by atoms with Gasteiger partial charge in [0.15, 0.2) is 0 Å². The van der Waals surface area contributed by atoms with E-state index in [1.165, 1.54) is 6.20 Å². The van der Waals surface area contributed by atoms with E-state index in [2.05, 4.69) is 10.3 Å². The van der Waals surface area contributed by atoms with Gasteiger partial charge in [-0.15, -0.1) is 0 Å². The second-order valence-corrected chi connectivity index (χ2v) is 5.82. The van der Waals surface area contributed by atoms with Crippen LogP contribution in [0, 0.1) is 11.8 Å². The number of halogens is 7. The molecule has 1 N–H and O–H groups in total. The molecule has 1 aliphatic rings. The summed E-state index contributed by atoms with van der Waals surface area (Å²) in [6.45, 7) is -0.191. The van der Waals surface area contributed by atoms with Crippen molar-refractivity contribution in [2.45, 2.75) is 24.9 Å². The highest BCUT2D eigenvalue weighted by Crippen LogP contribution is 2.57. The van der Waals surface area contributed by atoms with Gasteiger partial charge in [0, 0.05) is 25.0 Å². The molecule has 0 saturated heterocycles. The van der Waals surface area contributed by atoms with Gasteiger partial charge in [0.1, 0.15) is 5.65 Å². The van der Waals surface area contributed by atoms with Gasteiger partial charge in [-0.1, -0.05) is 11.6 Å². The summed E-state index contributed by atoms with van der Waals surface area (Å²) >= 11 is 5.79. The molecule has 2 unspecified atom stereocenters. The van der Waals surface area contributed by atoms with Crippen LogP contribution in [0.3, 0.4) is 0 Å². The molecule has 23 heavy (non-hydrogen) atoms. The summed E-state index contributed by atoms with van der Waals surface area (Å²) < 4.78 is 77.4. The van der Waals surface area contributed by atoms with Crippen LogP contribution < -0.4 is 5.32 Å². The number of alkyl halides is 6. The molecule has 1 aliphatic carbocycles. The van der Waals surface area contributed by atoms with Crippen LogP contribution in [0.15, 0.2) is 24.5 Å². The molecule has 3 rings (SSSR count). The topological polar surface area (TPSA) is 29.3 Å². The van der Waals surface area contributed by atoms with E-state index in [9.17, 15) is 26.3 Å². The van der Waals surface area contributed by atoms with Crippen molar-refractivity contribution in [3.63, 3.8) is 0 Å². The number of hydrogen-bond acceptors (Lipinski definition) is 2. The third-order valence-electron chi connectivity index (χ3n) is 3.76. The highest BCUT2D eigenvalue weighted by Gasteiger charge is 2.73. The first-order valence-electron chi connectivity index (χ1n) is 6.57. The maximum absolute atomic E-state index is 12.6. The molecule has 2 atom stereocenters. The van der Waals surface area contributed by atoms with Crippen molar-refractivity contribution in [3.8, 4) is 0 Å². The van der Waals surface area contributed by atoms with Crippen LogP contribution in [-0.4, -0.2) is 27.8 Å². The quantitative estimate of drug-likeness (QED) is 0.846. The van der Waals surface area contributed by atoms with Gasteiger partial charge in [0.05, 0.1) is 22.6 Å². The lowest BCUT2D eigenvalue weighted by Gasteiger charge is -2.06. The predicted octanol–water partition coefficient (Wildman–Crippen LogP) is 3.82. The minimum absolute atomic E-state index is 0.191. The first-order valence-corrected chi connectivity index (χ1v) is 6.95. The maximum Gasteiger partial charge on any atom is 0.393 e. The van der Waals surface area contributed by atoms with Crippen molar-refractivity contribution in [3.05, 3.63) is 35.2 Å². The lowest BCUT2D eigenvalue weighted by molar-refractivity contribution is -0.191. The number of rotatable bonds is 3. The van der Waals surface area contributed by atoms with Gasteiger partial charge in [-0.3, -0.25) is 0 Å². The second kappa shape index (κ2) is 5.27. The third kappa shape index (κ3) is 3.25. The van der Waals surface area contributed by atoms with Crippen LogP contribution in [0.2, 0.25) is 5.02 Å². The number of aromatic nitrogens is 2. The summed E-state index contributed by atoms with van der Waals surface area (Å²) in [6.07, 6.45) is -6.72. The Morgan fingerprint density at radius 1 is 1.04 bits per heavy atom. The highest BCUT2D eigenvalue weighted by molar-refractivity contribution is 6.30. The van der Waals surface area contributed by atoms with Gasteiger partial charge in [0.2, 0.25) is 0 Å². The molecule has 3 nitrogen and oxygen atoms in total. The molecule has 2 aromatic heterocycles. The minimum atomic E-state index is -4.88. The monoisotopic (exact) mass is 357 g/mol. The van der Waals surface area contributed by atoms with E-state index in [1.807, 2.05) is 0 Å². The molecule has 2 heterocycles. The Balaban J connectivity index is 1.71. The van der Waals surface area contributed by atoms with Crippen LogP contribution in [0.4, 0.5) is 26.3 Å². The van der Waals surface area contributed by atoms with Crippen LogP contribution in [-0.2, 0) is 6.54 Å². The second-order valence-electron chi connectivity index (χ2n) is 5.39. The van der Waals surface area contributed by atoms with E-state index in [-0.39, 0.29) is 6.54 Å². The molecular weight excluding hydrogens is 348 g/mol. The first-order chi connectivity index (χ1) is 10.6. The zero-order valence-electron chi connectivity index (χ0n) is 11.3. The van der Waals surface area contributed by atoms with E-state index in [1.54, 1.807) is 22.7 Å². The Kier molecular flexibility index (Phi) is 3.75. The molecular formula is C13H10ClF6N3. The Bertz CT molecular complexity index is 703. The largest absolute Gasteiger partial charge is 0.393 e. The van der Waals surface area contributed by atoms with E-state index in [0.29, 0.717) is 16.4 Å². The number of hydrogen-bond donors (Lipinski definition) is 1. The summed E-state index contributed by atoms with van der Waals surface area (Å²) in [5, 5.41) is 2.75. The zero-order valence-corrected chi connectivity index (χ0v) is 12.0. The van der Waals surface area contributed by atoms with Crippen LogP contribution in [0.1, 0.15) is 5.69 Å². The third-order valence-corrected chi connectivity index (χ3v) is 3.98. The number of pyridine rings is 1. The van der Waals surface area contributed by atoms with Crippen molar-refractivity contribution in [2.75, 3.05) is 0 Å². The highest BCUT2D eigenvalue weighted by atomic mass is 35.5. The maximum atomic E-state index is 12.6. The minimum Gasteiger partial charge on any atom is -0.307 e. The molecule has 126 valence electrons. The first kappa shape index (κ1) is 16.4. The fraction of sp³-hybridized carbons (Fsp3) is 0.462. The molecule has 0 radical (unpaired) electrons. The summed E-state index contributed by atoms with van der Waals surface area (Å²) in [4.78, 5) is 4.11. The van der Waals surface area contributed by atoms with Crippen LogP contribution in [0.25, 0.3) is 5.65 Å². The van der Waals surface area contributed by atoms with Gasteiger partial charge in [-0.2, -0.15) is 26.3 Å². The van der Waals surface area contributed by atoms with E-state index >= 15 is 0 Å². The smallest absolute Gasteiger partial charge is 0.307 e. The Morgan fingerprint density at radius 2 is 1.65 bits per heavy atom. The molecule has 2 aromatic rings. The fourth-order valence-corrected chi connectivity index (χ4v) is 2.87. The van der Waals surface area contributed by atoms with Crippen molar-refractivity contribution < 1.29 is 26.3 Å². The van der Waals surface area contributed by atoms with Crippen molar-refractivity contribution >= 4 is 17.2 Å². The lowest BCUT2D eigenvalue weighted by Crippen LogP contribution is -2.24. The molecule has 1 fully saturated rings. The zero-order chi connectivity index (χ0) is 17.0. The average molecular weight is 358 g/mol. The molecule has 0 bridgehead atoms. The van der Waals surface area contributed by atoms with Gasteiger partial charge >= 0.3 is 12.4 Å². The van der Waals surface area contributed by atoms with Gasteiger partial charge in [-0.25, -0.2) is 4.98 Å². The van der Waals surface area contributed by atoms with Gasteiger partial charge < -0.3 is 9.72 Å². The molecule has 0 amide bonds. The number of fused-ring (bicyclic) bond motifs is 1. The van der Waals surface area contributed by atoms with Gasteiger partial charge in [-0.05, 0) is 12.1 Å². The predicted molar refractivity (Wildman–Crippen MR) is 69.9 cm³/mol. The lowest BCUT2D eigenvalue weighted by atomic mass is 10.3. The normalized spacial score (nSPS) is 25.1. The Hall–Kier alpha value is -1.48. The number of nitrogens with zero attached hydrogens (tertiary/aromatic N) is 2. The van der Waals surface area contributed by atoms with E-state index in [4.69, 9.17) is 11.6 Å². The SMILES string of the molecule is FC(F)(F)C1C(NCc2cn3cc(Cl)ccc3n2)C1C(F)(F)F. The fourth-order valence-electron chi connectivity index (χ4n) is 2.70. The average Bonchev–Trinajstić information content (AvgIpc) is 3.03. The summed E-state index contributed by atoms with van der Waals surface area (Å²) in [6, 6.07) is 1.50. The summed E-state index contributed by atoms with van der Waals surface area (Å²) in [5.41, 5.74) is 0.836. The van der Waals surface area contributed by atoms with Gasteiger partial charge in [0.25, 0.3) is 0 Å². The molecule has 0 aliphatic heterocycles. The molecule has 0 spiro atoms.